The van der Waals surface area contributed by atoms with E-state index in [0.717, 1.165) is 12.8 Å². The summed E-state index contributed by atoms with van der Waals surface area (Å²) in [6, 6.07) is 0. The van der Waals surface area contributed by atoms with Gasteiger partial charge in [-0.1, -0.05) is 96.8 Å². The number of rotatable bonds is 23. The second-order valence-electron chi connectivity index (χ2n) is 8.16. The predicted octanol–water partition coefficient (Wildman–Crippen LogP) is 6.15. The zero-order chi connectivity index (χ0) is 22.3. The van der Waals surface area contributed by atoms with Gasteiger partial charge in [0.05, 0.1) is 6.61 Å². The van der Waals surface area contributed by atoms with Crippen LogP contribution in [0.15, 0.2) is 0 Å². The SMILES string of the molecule is CCCCCCCCCCCCCCCCCC(=O)NCCCCOP(=O)(O)ON. The minimum Gasteiger partial charge on any atom is -0.356 e. The second-order valence-corrected chi connectivity index (χ2v) is 9.57. The molecule has 1 atom stereocenters. The summed E-state index contributed by atoms with van der Waals surface area (Å²) in [5.41, 5.74) is 0. The number of carbonyl (C=O) groups excluding carboxylic acids is 1. The van der Waals surface area contributed by atoms with Crippen molar-refractivity contribution in [2.24, 2.45) is 5.90 Å². The Balaban J connectivity index is 3.22. The molecule has 0 fully saturated rings. The molecule has 0 aromatic heterocycles. The third kappa shape index (κ3) is 22.2. The summed E-state index contributed by atoms with van der Waals surface area (Å²) in [6.45, 7) is 2.88. The van der Waals surface area contributed by atoms with Crippen LogP contribution in [0, 0.1) is 0 Å². The maximum absolute atomic E-state index is 11.8. The third-order valence-corrected chi connectivity index (χ3v) is 6.06. The number of carbonyl (C=O) groups is 1. The van der Waals surface area contributed by atoms with Crippen LogP contribution in [-0.2, 0) is 18.5 Å². The fourth-order valence-electron chi connectivity index (χ4n) is 3.41. The molecule has 0 saturated heterocycles. The van der Waals surface area contributed by atoms with E-state index < -0.39 is 7.82 Å². The van der Waals surface area contributed by atoms with Crippen molar-refractivity contribution in [3.8, 4) is 0 Å². The van der Waals surface area contributed by atoms with Gasteiger partial charge >= 0.3 is 7.82 Å². The summed E-state index contributed by atoms with van der Waals surface area (Å²) < 4.78 is 19.4. The molecule has 1 unspecified atom stereocenters. The molecule has 30 heavy (non-hydrogen) atoms. The van der Waals surface area contributed by atoms with Crippen molar-refractivity contribution in [2.45, 2.75) is 122 Å². The normalized spacial score (nSPS) is 13.3. The number of hydrogen-bond acceptors (Lipinski definition) is 5. The molecule has 8 heteroatoms. The first kappa shape index (κ1) is 29.5. The van der Waals surface area contributed by atoms with Gasteiger partial charge in [0.15, 0.2) is 0 Å². The Kier molecular flexibility index (Phi) is 21.4. The van der Waals surface area contributed by atoms with Crippen LogP contribution < -0.4 is 11.2 Å². The lowest BCUT2D eigenvalue weighted by atomic mass is 10.0. The monoisotopic (exact) mass is 450 g/mol. The van der Waals surface area contributed by atoms with Crippen LogP contribution in [0.3, 0.4) is 0 Å². The topological polar surface area (TPSA) is 111 Å². The minimum absolute atomic E-state index is 0.0693. The number of nitrogens with one attached hydrogen (secondary N) is 1. The maximum Gasteiger partial charge on any atom is 0.488 e. The first-order valence-electron chi connectivity index (χ1n) is 12.1. The van der Waals surface area contributed by atoms with E-state index in [1.807, 2.05) is 0 Å². The summed E-state index contributed by atoms with van der Waals surface area (Å²) >= 11 is 0. The molecule has 0 heterocycles. The molecule has 0 saturated carbocycles. The summed E-state index contributed by atoms with van der Waals surface area (Å²) in [4.78, 5) is 20.7. The van der Waals surface area contributed by atoms with E-state index in [4.69, 9.17) is 4.89 Å². The van der Waals surface area contributed by atoms with Crippen molar-refractivity contribution < 1.29 is 23.4 Å². The molecule has 0 radical (unpaired) electrons. The van der Waals surface area contributed by atoms with Gasteiger partial charge in [-0.15, -0.1) is 0 Å². The van der Waals surface area contributed by atoms with Gasteiger partial charge in [-0.05, 0) is 19.3 Å². The smallest absolute Gasteiger partial charge is 0.356 e. The van der Waals surface area contributed by atoms with Gasteiger partial charge < -0.3 is 10.2 Å². The highest BCUT2D eigenvalue weighted by molar-refractivity contribution is 7.47. The van der Waals surface area contributed by atoms with Crippen LogP contribution >= 0.6 is 7.82 Å². The molecule has 0 spiro atoms. The maximum atomic E-state index is 11.8. The number of hydrogen-bond donors (Lipinski definition) is 3. The Hall–Kier alpha value is -0.460. The number of phosphoric acid groups is 1. The quantitative estimate of drug-likeness (QED) is 0.0978. The van der Waals surface area contributed by atoms with Crippen molar-refractivity contribution >= 4 is 13.7 Å². The van der Waals surface area contributed by atoms with Crippen molar-refractivity contribution in [1.29, 1.82) is 0 Å². The number of phosphoric ester groups is 1. The van der Waals surface area contributed by atoms with E-state index in [2.05, 4.69) is 27.3 Å². The van der Waals surface area contributed by atoms with E-state index >= 15 is 0 Å². The molecule has 1 amide bonds. The molecule has 0 aromatic rings. The zero-order valence-corrected chi connectivity index (χ0v) is 20.1. The summed E-state index contributed by atoms with van der Waals surface area (Å²) in [5, 5.41) is 2.86. The Morgan fingerprint density at radius 1 is 0.800 bits per heavy atom. The van der Waals surface area contributed by atoms with Gasteiger partial charge in [-0.25, -0.2) is 15.1 Å². The Bertz CT molecular complexity index is 438. The molecule has 0 aliphatic rings. The van der Waals surface area contributed by atoms with Gasteiger partial charge in [-0.2, -0.15) is 0 Å². The molecule has 0 aromatic carbocycles. The van der Waals surface area contributed by atoms with Gasteiger partial charge in [0, 0.05) is 13.0 Å². The van der Waals surface area contributed by atoms with Crippen LogP contribution in [0.2, 0.25) is 0 Å². The molecule has 0 aliphatic carbocycles. The fraction of sp³-hybridized carbons (Fsp3) is 0.955. The number of unbranched alkanes of at least 4 members (excludes halogenated alkanes) is 15. The Morgan fingerprint density at radius 2 is 1.27 bits per heavy atom. The summed E-state index contributed by atoms with van der Waals surface area (Å²) in [7, 11) is -4.09. The van der Waals surface area contributed by atoms with Crippen molar-refractivity contribution in [3.63, 3.8) is 0 Å². The Labute approximate surface area is 184 Å². The molecular weight excluding hydrogens is 403 g/mol. The molecule has 180 valence electrons. The van der Waals surface area contributed by atoms with Crippen LogP contribution in [0.1, 0.15) is 122 Å². The highest BCUT2D eigenvalue weighted by Gasteiger charge is 2.18. The number of amides is 1. The van der Waals surface area contributed by atoms with Gasteiger partial charge in [0.1, 0.15) is 0 Å². The first-order valence-corrected chi connectivity index (χ1v) is 13.6. The molecule has 0 bridgehead atoms. The van der Waals surface area contributed by atoms with Crippen LogP contribution in [0.4, 0.5) is 0 Å². The van der Waals surface area contributed by atoms with Crippen LogP contribution in [-0.4, -0.2) is 24.0 Å². The van der Waals surface area contributed by atoms with Gasteiger partial charge in [0.25, 0.3) is 0 Å². The highest BCUT2D eigenvalue weighted by Crippen LogP contribution is 2.40. The number of nitrogens with two attached hydrogens (primary N) is 1. The predicted molar refractivity (Wildman–Crippen MR) is 123 cm³/mol. The fourth-order valence-corrected chi connectivity index (χ4v) is 3.83. The van der Waals surface area contributed by atoms with Gasteiger partial charge in [0.2, 0.25) is 5.91 Å². The molecule has 0 aliphatic heterocycles. The lowest BCUT2D eigenvalue weighted by Gasteiger charge is -2.08. The lowest BCUT2D eigenvalue weighted by molar-refractivity contribution is -0.121. The minimum atomic E-state index is -4.09. The first-order chi connectivity index (χ1) is 14.5. The molecule has 4 N–H and O–H groups in total. The van der Waals surface area contributed by atoms with Crippen molar-refractivity contribution in [2.75, 3.05) is 13.2 Å². The highest BCUT2D eigenvalue weighted by atomic mass is 31.2. The molecule has 0 rings (SSSR count). The van der Waals surface area contributed by atoms with Crippen LogP contribution in [0.5, 0.6) is 0 Å². The second kappa shape index (κ2) is 21.8. The average Bonchev–Trinajstić information content (AvgIpc) is 2.73. The largest absolute Gasteiger partial charge is 0.488 e. The standard InChI is InChI=1S/C22H47N2O5P/c1-2-3-4-5-6-7-8-9-10-11-12-13-14-15-16-19-22(25)24-20-17-18-21-28-30(26,27)29-23/h2-21,23H2,1H3,(H,24,25)(H,26,27). The van der Waals surface area contributed by atoms with E-state index in [9.17, 15) is 9.36 Å². The van der Waals surface area contributed by atoms with Crippen LogP contribution in [0.25, 0.3) is 0 Å². The lowest BCUT2D eigenvalue weighted by Crippen LogP contribution is -2.24. The molecular formula is C22H47N2O5P. The van der Waals surface area contributed by atoms with Crippen molar-refractivity contribution in [1.82, 2.24) is 5.32 Å². The van der Waals surface area contributed by atoms with Gasteiger partial charge in [-0.3, -0.25) is 9.32 Å². The zero-order valence-electron chi connectivity index (χ0n) is 19.2. The average molecular weight is 451 g/mol. The summed E-state index contributed by atoms with van der Waals surface area (Å²) in [5.74, 6) is 4.69. The van der Waals surface area contributed by atoms with E-state index in [0.29, 0.717) is 25.8 Å². The third-order valence-electron chi connectivity index (χ3n) is 5.29. The van der Waals surface area contributed by atoms with E-state index in [1.54, 1.807) is 0 Å². The van der Waals surface area contributed by atoms with E-state index in [1.165, 1.54) is 83.5 Å². The van der Waals surface area contributed by atoms with E-state index in [-0.39, 0.29) is 12.5 Å². The molecule has 7 nitrogen and oxygen atoms in total. The van der Waals surface area contributed by atoms with Crippen molar-refractivity contribution in [3.05, 3.63) is 0 Å². The Morgan fingerprint density at radius 3 is 1.73 bits per heavy atom. The summed E-state index contributed by atoms with van der Waals surface area (Å²) in [6.07, 6.45) is 21.6.